The molecule has 0 amide bonds. The number of thiophene rings is 1. The van der Waals surface area contributed by atoms with E-state index in [1.165, 1.54) is 16.0 Å². The van der Waals surface area contributed by atoms with Crippen molar-refractivity contribution in [2.75, 3.05) is 10.5 Å². The van der Waals surface area contributed by atoms with Crippen LogP contribution >= 0.6 is 11.3 Å². The minimum absolute atomic E-state index is 0.280. The second-order valence-corrected chi connectivity index (χ2v) is 7.23. The molecule has 0 atom stereocenters. The standard InChI is InChI=1S/C11H16N4O2S2/c1-4-8-5-6-9(18-8)19(16,17)14-11-10(12)7(2)13-15(11)3/h5-6,14H,4,12H2,1-3H3. The van der Waals surface area contributed by atoms with Crippen LogP contribution in [0.4, 0.5) is 11.5 Å². The lowest BCUT2D eigenvalue weighted by Gasteiger charge is -2.07. The van der Waals surface area contributed by atoms with E-state index in [1.807, 2.05) is 13.0 Å². The topological polar surface area (TPSA) is 90.0 Å². The van der Waals surface area contributed by atoms with Crippen molar-refractivity contribution >= 4 is 32.9 Å². The quantitative estimate of drug-likeness (QED) is 0.900. The molecule has 104 valence electrons. The molecule has 2 aromatic rings. The number of aromatic nitrogens is 2. The van der Waals surface area contributed by atoms with E-state index in [9.17, 15) is 8.42 Å². The fraction of sp³-hybridized carbons (Fsp3) is 0.364. The maximum atomic E-state index is 12.2. The van der Waals surface area contributed by atoms with Gasteiger partial charge in [-0.1, -0.05) is 6.92 Å². The van der Waals surface area contributed by atoms with Gasteiger partial charge in [-0.3, -0.25) is 4.72 Å². The highest BCUT2D eigenvalue weighted by Crippen LogP contribution is 2.27. The molecule has 19 heavy (non-hydrogen) atoms. The summed E-state index contributed by atoms with van der Waals surface area (Å²) >= 11 is 1.26. The number of nitrogen functional groups attached to an aromatic ring is 1. The van der Waals surface area contributed by atoms with Gasteiger partial charge in [0.05, 0.1) is 11.4 Å². The maximum Gasteiger partial charge on any atom is 0.272 e. The smallest absolute Gasteiger partial charge is 0.272 e. The molecule has 0 fully saturated rings. The first-order valence-electron chi connectivity index (χ1n) is 5.75. The highest BCUT2D eigenvalue weighted by atomic mass is 32.2. The molecule has 0 unspecified atom stereocenters. The lowest BCUT2D eigenvalue weighted by molar-refractivity contribution is 0.602. The molecule has 2 aromatic heterocycles. The number of nitrogens with two attached hydrogens (primary N) is 1. The van der Waals surface area contributed by atoms with Crippen molar-refractivity contribution in [2.24, 2.45) is 7.05 Å². The van der Waals surface area contributed by atoms with Crippen LogP contribution in [-0.2, 0) is 23.5 Å². The Morgan fingerprint density at radius 3 is 2.63 bits per heavy atom. The Morgan fingerprint density at radius 1 is 1.47 bits per heavy atom. The molecule has 8 heteroatoms. The number of sulfonamides is 1. The Labute approximate surface area is 116 Å². The molecular weight excluding hydrogens is 284 g/mol. The maximum absolute atomic E-state index is 12.2. The van der Waals surface area contributed by atoms with E-state index < -0.39 is 10.0 Å². The van der Waals surface area contributed by atoms with E-state index in [1.54, 1.807) is 20.0 Å². The molecule has 2 heterocycles. The van der Waals surface area contributed by atoms with Crippen molar-refractivity contribution in [3.63, 3.8) is 0 Å². The van der Waals surface area contributed by atoms with Crippen LogP contribution in [0.15, 0.2) is 16.3 Å². The van der Waals surface area contributed by atoms with Crippen molar-refractivity contribution in [3.8, 4) is 0 Å². The molecule has 0 saturated heterocycles. The van der Waals surface area contributed by atoms with Crippen molar-refractivity contribution in [1.82, 2.24) is 9.78 Å². The van der Waals surface area contributed by atoms with E-state index in [4.69, 9.17) is 5.73 Å². The molecule has 0 aliphatic rings. The summed E-state index contributed by atoms with van der Waals surface area (Å²) in [6.07, 6.45) is 0.813. The Kier molecular flexibility index (Phi) is 3.55. The van der Waals surface area contributed by atoms with Gasteiger partial charge in [-0.05, 0) is 25.5 Å². The van der Waals surface area contributed by atoms with Crippen LogP contribution < -0.4 is 10.5 Å². The van der Waals surface area contributed by atoms with Crippen molar-refractivity contribution in [1.29, 1.82) is 0 Å². The molecule has 0 aliphatic heterocycles. The van der Waals surface area contributed by atoms with Crippen LogP contribution in [0.25, 0.3) is 0 Å². The first-order valence-corrected chi connectivity index (χ1v) is 8.05. The summed E-state index contributed by atoms with van der Waals surface area (Å²) in [5, 5.41) is 4.08. The number of hydrogen-bond donors (Lipinski definition) is 2. The second kappa shape index (κ2) is 4.86. The highest BCUT2D eigenvalue weighted by Gasteiger charge is 2.21. The van der Waals surface area contributed by atoms with Gasteiger partial charge in [0.2, 0.25) is 0 Å². The number of rotatable bonds is 4. The van der Waals surface area contributed by atoms with Crippen molar-refractivity contribution in [2.45, 2.75) is 24.5 Å². The van der Waals surface area contributed by atoms with E-state index in [0.29, 0.717) is 17.2 Å². The average molecular weight is 300 g/mol. The van der Waals surface area contributed by atoms with Gasteiger partial charge in [0, 0.05) is 11.9 Å². The highest BCUT2D eigenvalue weighted by molar-refractivity contribution is 7.94. The summed E-state index contributed by atoms with van der Waals surface area (Å²) in [5.74, 6) is 0.295. The van der Waals surface area contributed by atoms with Gasteiger partial charge in [0.25, 0.3) is 10.0 Å². The van der Waals surface area contributed by atoms with Crippen molar-refractivity contribution in [3.05, 3.63) is 22.7 Å². The Hall–Kier alpha value is -1.54. The number of hydrogen-bond acceptors (Lipinski definition) is 5. The Bertz CT molecular complexity index is 700. The molecule has 0 aromatic carbocycles. The van der Waals surface area contributed by atoms with Gasteiger partial charge in [-0.15, -0.1) is 11.3 Å². The van der Waals surface area contributed by atoms with Crippen LogP contribution in [0, 0.1) is 6.92 Å². The Morgan fingerprint density at radius 2 is 2.16 bits per heavy atom. The normalized spacial score (nSPS) is 11.7. The molecule has 0 saturated carbocycles. The predicted octanol–water partition coefficient (Wildman–Crippen LogP) is 1.74. The first-order chi connectivity index (χ1) is 8.85. The lowest BCUT2D eigenvalue weighted by Crippen LogP contribution is -2.15. The molecule has 0 bridgehead atoms. The fourth-order valence-corrected chi connectivity index (χ4v) is 4.07. The van der Waals surface area contributed by atoms with E-state index >= 15 is 0 Å². The number of anilines is 2. The van der Waals surface area contributed by atoms with Gasteiger partial charge >= 0.3 is 0 Å². The zero-order valence-electron chi connectivity index (χ0n) is 11.0. The monoisotopic (exact) mass is 300 g/mol. The summed E-state index contributed by atoms with van der Waals surface area (Å²) in [6, 6.07) is 3.42. The van der Waals surface area contributed by atoms with Gasteiger partial charge < -0.3 is 5.73 Å². The third-order valence-electron chi connectivity index (χ3n) is 2.75. The number of nitrogens with zero attached hydrogens (tertiary/aromatic N) is 2. The van der Waals surface area contributed by atoms with Crippen LogP contribution in [0.1, 0.15) is 17.5 Å². The third kappa shape index (κ3) is 2.59. The molecular formula is C11H16N4O2S2. The van der Waals surface area contributed by atoms with Gasteiger partial charge in [-0.25, -0.2) is 13.1 Å². The molecule has 6 nitrogen and oxygen atoms in total. The zero-order valence-corrected chi connectivity index (χ0v) is 12.6. The number of aryl methyl sites for hydroxylation is 3. The minimum Gasteiger partial charge on any atom is -0.394 e. The van der Waals surface area contributed by atoms with Crippen LogP contribution in [0.3, 0.4) is 0 Å². The predicted molar refractivity (Wildman–Crippen MR) is 76.9 cm³/mol. The largest absolute Gasteiger partial charge is 0.394 e. The van der Waals surface area contributed by atoms with Gasteiger partial charge in [-0.2, -0.15) is 5.10 Å². The lowest BCUT2D eigenvalue weighted by atomic mass is 10.4. The summed E-state index contributed by atoms with van der Waals surface area (Å²) in [7, 11) is -1.96. The van der Waals surface area contributed by atoms with Crippen LogP contribution in [0.5, 0.6) is 0 Å². The number of nitrogens with one attached hydrogen (secondary N) is 1. The molecule has 0 radical (unpaired) electrons. The second-order valence-electron chi connectivity index (χ2n) is 4.15. The third-order valence-corrected chi connectivity index (χ3v) is 5.81. The van der Waals surface area contributed by atoms with Crippen LogP contribution in [-0.4, -0.2) is 18.2 Å². The summed E-state index contributed by atoms with van der Waals surface area (Å²) in [5.41, 5.74) is 6.76. The summed E-state index contributed by atoms with van der Waals surface area (Å²) in [6.45, 7) is 3.71. The van der Waals surface area contributed by atoms with E-state index in [0.717, 1.165) is 11.3 Å². The minimum atomic E-state index is -3.61. The SMILES string of the molecule is CCc1ccc(S(=O)(=O)Nc2c(N)c(C)nn2C)s1. The van der Waals surface area contributed by atoms with Crippen LogP contribution in [0.2, 0.25) is 0 Å². The van der Waals surface area contributed by atoms with E-state index in [2.05, 4.69) is 9.82 Å². The average Bonchev–Trinajstić information content (AvgIpc) is 2.91. The van der Waals surface area contributed by atoms with Crippen molar-refractivity contribution < 1.29 is 8.42 Å². The molecule has 0 aliphatic carbocycles. The molecule has 3 N–H and O–H groups in total. The zero-order chi connectivity index (χ0) is 14.2. The van der Waals surface area contributed by atoms with E-state index in [-0.39, 0.29) is 4.21 Å². The fourth-order valence-electron chi connectivity index (χ4n) is 1.67. The molecule has 2 rings (SSSR count). The Balaban J connectivity index is 2.36. The molecule has 0 spiro atoms. The summed E-state index contributed by atoms with van der Waals surface area (Å²) in [4.78, 5) is 1.02. The van der Waals surface area contributed by atoms with Gasteiger partial charge in [0.15, 0.2) is 5.82 Å². The summed E-state index contributed by atoms with van der Waals surface area (Å²) < 4.78 is 28.7. The first kappa shape index (κ1) is 13.9. The van der Waals surface area contributed by atoms with Gasteiger partial charge in [0.1, 0.15) is 4.21 Å².